The maximum atomic E-state index is 8.69. The molecule has 118 valence electrons. The van der Waals surface area contributed by atoms with Gasteiger partial charge in [0, 0.05) is 23.8 Å². The third kappa shape index (κ3) is 3.46. The fourth-order valence-electron chi connectivity index (χ4n) is 3.26. The molecule has 1 aromatic rings. The Balaban J connectivity index is 1.96. The van der Waals surface area contributed by atoms with E-state index >= 15 is 0 Å². The first-order valence-corrected chi connectivity index (χ1v) is 8.06. The summed E-state index contributed by atoms with van der Waals surface area (Å²) in [4.78, 5) is 2.29. The quantitative estimate of drug-likeness (QED) is 0.578. The number of allylic oxidation sites excluding steroid dienone is 4. The van der Waals surface area contributed by atoms with Gasteiger partial charge in [-0.25, -0.2) is 0 Å². The predicted molar refractivity (Wildman–Crippen MR) is 93.7 cm³/mol. The van der Waals surface area contributed by atoms with Crippen LogP contribution in [0.15, 0.2) is 47.7 Å². The molecule has 0 bridgehead atoms. The zero-order valence-electron chi connectivity index (χ0n) is 14.1. The average Bonchev–Trinajstić information content (AvgIpc) is 2.75. The zero-order valence-corrected chi connectivity index (χ0v) is 14.1. The molecule has 3 nitrogen and oxygen atoms in total. The van der Waals surface area contributed by atoms with E-state index < -0.39 is 0 Å². The Labute approximate surface area is 139 Å². The third-order valence-electron chi connectivity index (χ3n) is 4.53. The number of fused-ring (bicyclic) bond motifs is 1. The minimum absolute atomic E-state index is 0.0417. The van der Waals surface area contributed by atoms with Gasteiger partial charge in [-0.2, -0.15) is 10.5 Å². The molecule has 0 aromatic heterocycles. The first-order chi connectivity index (χ1) is 11.0. The fraction of sp³-hybridized carbons (Fsp3) is 0.400. The van der Waals surface area contributed by atoms with Gasteiger partial charge in [-0.1, -0.05) is 44.2 Å². The summed E-state index contributed by atoms with van der Waals surface area (Å²) in [5.41, 5.74) is 4.28. The SMILES string of the molecule is CN1/C(=C\CCCCC=C(C#N)C#N)C(C)(C)c2ccccc21. The van der Waals surface area contributed by atoms with Crippen LogP contribution in [0.3, 0.4) is 0 Å². The molecule has 0 saturated carbocycles. The van der Waals surface area contributed by atoms with Crippen LogP contribution < -0.4 is 4.90 Å². The van der Waals surface area contributed by atoms with Gasteiger partial charge >= 0.3 is 0 Å². The highest BCUT2D eigenvalue weighted by atomic mass is 15.2. The van der Waals surface area contributed by atoms with Crippen LogP contribution in [0.4, 0.5) is 5.69 Å². The van der Waals surface area contributed by atoms with Crippen LogP contribution in [0, 0.1) is 22.7 Å². The monoisotopic (exact) mass is 305 g/mol. The Morgan fingerprint density at radius 3 is 2.43 bits per heavy atom. The number of unbranched alkanes of at least 4 members (excludes halogenated alkanes) is 3. The second-order valence-electron chi connectivity index (χ2n) is 6.42. The lowest BCUT2D eigenvalue weighted by Crippen LogP contribution is -2.22. The Bertz CT molecular complexity index is 695. The molecule has 1 heterocycles. The van der Waals surface area contributed by atoms with Crippen molar-refractivity contribution in [3.05, 3.63) is 53.3 Å². The van der Waals surface area contributed by atoms with Gasteiger partial charge in [-0.05, 0) is 37.3 Å². The van der Waals surface area contributed by atoms with Crippen molar-refractivity contribution in [1.29, 1.82) is 10.5 Å². The van der Waals surface area contributed by atoms with Crippen LogP contribution in [0.2, 0.25) is 0 Å². The molecule has 3 heteroatoms. The third-order valence-corrected chi connectivity index (χ3v) is 4.53. The number of nitriles is 2. The number of hydrogen-bond acceptors (Lipinski definition) is 3. The van der Waals surface area contributed by atoms with Crippen LogP contribution in [0.1, 0.15) is 45.1 Å². The highest BCUT2D eigenvalue weighted by molar-refractivity contribution is 5.69. The molecule has 1 aliphatic rings. The van der Waals surface area contributed by atoms with E-state index in [0.717, 1.165) is 25.7 Å². The van der Waals surface area contributed by atoms with Gasteiger partial charge in [-0.3, -0.25) is 0 Å². The van der Waals surface area contributed by atoms with Gasteiger partial charge in [0.15, 0.2) is 0 Å². The minimum Gasteiger partial charge on any atom is -0.347 e. The maximum Gasteiger partial charge on any atom is 0.125 e. The van der Waals surface area contributed by atoms with E-state index in [1.165, 1.54) is 16.9 Å². The first kappa shape index (κ1) is 16.8. The molecule has 0 saturated heterocycles. The number of nitrogens with zero attached hydrogens (tertiary/aromatic N) is 3. The highest BCUT2D eigenvalue weighted by Gasteiger charge is 2.37. The zero-order chi connectivity index (χ0) is 16.9. The van der Waals surface area contributed by atoms with Crippen molar-refractivity contribution in [2.24, 2.45) is 0 Å². The smallest absolute Gasteiger partial charge is 0.125 e. The molecule has 0 radical (unpaired) electrons. The number of likely N-dealkylation sites (N-methyl/N-ethyl adjacent to an activating group) is 1. The van der Waals surface area contributed by atoms with Crippen LogP contribution in [-0.2, 0) is 5.41 Å². The summed E-state index contributed by atoms with van der Waals surface area (Å²) in [6.07, 6.45) is 7.92. The number of rotatable bonds is 5. The molecule has 1 aliphatic heterocycles. The Morgan fingerprint density at radius 1 is 1.13 bits per heavy atom. The van der Waals surface area contributed by atoms with Crippen LogP contribution in [0.25, 0.3) is 0 Å². The Hall–Kier alpha value is -2.52. The van der Waals surface area contributed by atoms with Crippen molar-refractivity contribution in [2.75, 3.05) is 11.9 Å². The summed E-state index contributed by atoms with van der Waals surface area (Å²) >= 11 is 0. The topological polar surface area (TPSA) is 50.8 Å². The predicted octanol–water partition coefficient (Wildman–Crippen LogP) is 4.83. The molecule has 0 spiro atoms. The Morgan fingerprint density at radius 2 is 1.78 bits per heavy atom. The first-order valence-electron chi connectivity index (χ1n) is 8.06. The van der Waals surface area contributed by atoms with E-state index in [0.29, 0.717) is 0 Å². The number of benzene rings is 1. The summed E-state index contributed by atoms with van der Waals surface area (Å²) in [6, 6.07) is 12.4. The van der Waals surface area contributed by atoms with Gasteiger partial charge in [0.1, 0.15) is 17.7 Å². The van der Waals surface area contributed by atoms with Crippen molar-refractivity contribution in [2.45, 2.75) is 44.9 Å². The van der Waals surface area contributed by atoms with Gasteiger partial charge in [0.05, 0.1) is 0 Å². The number of hydrogen-bond donors (Lipinski definition) is 0. The molecular formula is C20H23N3. The van der Waals surface area contributed by atoms with E-state index in [2.05, 4.69) is 56.1 Å². The van der Waals surface area contributed by atoms with Gasteiger partial charge in [-0.15, -0.1) is 0 Å². The summed E-state index contributed by atoms with van der Waals surface area (Å²) in [5.74, 6) is 0. The van der Waals surface area contributed by atoms with E-state index in [-0.39, 0.29) is 11.0 Å². The molecular weight excluding hydrogens is 282 g/mol. The van der Waals surface area contributed by atoms with Crippen molar-refractivity contribution < 1.29 is 0 Å². The minimum atomic E-state index is 0.0417. The standard InChI is InChI=1S/C20H23N3/c1-20(2)17-11-8-9-12-18(17)23(3)19(20)13-7-5-4-6-10-16(14-21)15-22/h8-13H,4-7H2,1-3H3/b19-13-. The van der Waals surface area contributed by atoms with E-state index in [9.17, 15) is 0 Å². The largest absolute Gasteiger partial charge is 0.347 e. The van der Waals surface area contributed by atoms with Crippen LogP contribution in [-0.4, -0.2) is 7.05 Å². The number of anilines is 1. The fourth-order valence-corrected chi connectivity index (χ4v) is 3.26. The van der Waals surface area contributed by atoms with Crippen LogP contribution in [0.5, 0.6) is 0 Å². The lowest BCUT2D eigenvalue weighted by atomic mass is 9.83. The summed E-state index contributed by atoms with van der Waals surface area (Å²) in [6.45, 7) is 4.55. The second kappa shape index (κ2) is 7.16. The molecule has 23 heavy (non-hydrogen) atoms. The van der Waals surface area contributed by atoms with Crippen molar-refractivity contribution in [3.8, 4) is 12.1 Å². The Kier molecular flexibility index (Phi) is 5.24. The molecule has 1 aromatic carbocycles. The van der Waals surface area contributed by atoms with Crippen molar-refractivity contribution in [1.82, 2.24) is 0 Å². The molecule has 0 amide bonds. The lowest BCUT2D eigenvalue weighted by molar-refractivity contribution is 0.631. The molecule has 0 N–H and O–H groups in total. The van der Waals surface area contributed by atoms with Crippen molar-refractivity contribution in [3.63, 3.8) is 0 Å². The molecule has 0 aliphatic carbocycles. The van der Waals surface area contributed by atoms with E-state index in [1.807, 2.05) is 12.1 Å². The van der Waals surface area contributed by atoms with E-state index in [1.54, 1.807) is 6.08 Å². The maximum absolute atomic E-state index is 8.69. The lowest BCUT2D eigenvalue weighted by Gasteiger charge is -2.24. The van der Waals surface area contributed by atoms with Gasteiger partial charge < -0.3 is 4.90 Å². The van der Waals surface area contributed by atoms with Crippen LogP contribution >= 0.6 is 0 Å². The highest BCUT2D eigenvalue weighted by Crippen LogP contribution is 2.46. The number of para-hydroxylation sites is 1. The normalized spacial score (nSPS) is 16.6. The molecule has 2 rings (SSSR count). The average molecular weight is 305 g/mol. The summed E-state index contributed by atoms with van der Waals surface area (Å²) in [5, 5.41) is 17.4. The van der Waals surface area contributed by atoms with Gasteiger partial charge in [0.2, 0.25) is 0 Å². The summed E-state index contributed by atoms with van der Waals surface area (Å²) in [7, 11) is 2.13. The van der Waals surface area contributed by atoms with E-state index in [4.69, 9.17) is 10.5 Å². The van der Waals surface area contributed by atoms with Crippen molar-refractivity contribution >= 4 is 5.69 Å². The molecule has 0 unspecified atom stereocenters. The summed E-state index contributed by atoms with van der Waals surface area (Å²) < 4.78 is 0. The molecule has 0 fully saturated rings. The molecule has 0 atom stereocenters. The van der Waals surface area contributed by atoms with Gasteiger partial charge in [0.25, 0.3) is 0 Å². The second-order valence-corrected chi connectivity index (χ2v) is 6.42.